The molecule has 0 saturated carbocycles. The monoisotopic (exact) mass is 728 g/mol. The first-order valence-corrected chi connectivity index (χ1v) is 17.5. The Morgan fingerprint density at radius 1 is 0.981 bits per heavy atom. The van der Waals surface area contributed by atoms with E-state index in [2.05, 4.69) is 15.5 Å². The van der Waals surface area contributed by atoms with E-state index < -0.39 is 29.7 Å². The quantitative estimate of drug-likeness (QED) is 0.227. The highest BCUT2D eigenvalue weighted by Gasteiger charge is 2.32. The van der Waals surface area contributed by atoms with Crippen LogP contribution >= 0.6 is 0 Å². The molecule has 11 nitrogen and oxygen atoms in total. The number of hydrogen-bond donors (Lipinski definition) is 3. The average molecular weight is 729 g/mol. The highest BCUT2D eigenvalue weighted by atomic mass is 19.4. The molecule has 282 valence electrons. The lowest BCUT2D eigenvalue weighted by molar-refractivity contribution is -0.137. The van der Waals surface area contributed by atoms with E-state index in [1.165, 1.54) is 6.07 Å². The number of fused-ring (bicyclic) bond motifs is 2. The number of ether oxygens (including phenoxy) is 4. The Morgan fingerprint density at radius 2 is 1.67 bits per heavy atom. The van der Waals surface area contributed by atoms with Crippen LogP contribution in [0.2, 0.25) is 0 Å². The molecule has 52 heavy (non-hydrogen) atoms. The van der Waals surface area contributed by atoms with Crippen LogP contribution in [0.3, 0.4) is 0 Å². The Bertz CT molecular complexity index is 1670. The van der Waals surface area contributed by atoms with Gasteiger partial charge in [0.2, 0.25) is 6.79 Å². The van der Waals surface area contributed by atoms with Gasteiger partial charge in [0.05, 0.1) is 36.0 Å². The predicted octanol–water partition coefficient (Wildman–Crippen LogP) is 7.01. The van der Waals surface area contributed by atoms with E-state index >= 15 is 0 Å². The third kappa shape index (κ3) is 10.3. The number of rotatable bonds is 8. The molecule has 0 radical (unpaired) electrons. The van der Waals surface area contributed by atoms with Gasteiger partial charge in [-0.25, -0.2) is 4.79 Å². The summed E-state index contributed by atoms with van der Waals surface area (Å²) in [6.07, 6.45) is -2.59. The number of urea groups is 1. The molecule has 0 spiro atoms. The maximum absolute atomic E-state index is 14.4. The van der Waals surface area contributed by atoms with Crippen LogP contribution < -0.4 is 24.8 Å². The van der Waals surface area contributed by atoms with Crippen molar-refractivity contribution in [2.24, 2.45) is 5.92 Å². The van der Waals surface area contributed by atoms with Crippen LogP contribution in [0.5, 0.6) is 17.2 Å². The summed E-state index contributed by atoms with van der Waals surface area (Å²) in [6, 6.07) is 13.4. The van der Waals surface area contributed by atoms with Gasteiger partial charge in [-0.1, -0.05) is 13.0 Å². The van der Waals surface area contributed by atoms with Crippen molar-refractivity contribution in [3.63, 3.8) is 0 Å². The number of carbonyl (C=O) groups excluding carboxylic acids is 2. The van der Waals surface area contributed by atoms with Gasteiger partial charge < -0.3 is 39.6 Å². The summed E-state index contributed by atoms with van der Waals surface area (Å²) >= 11 is 0. The van der Waals surface area contributed by atoms with Gasteiger partial charge in [0, 0.05) is 43.5 Å². The Morgan fingerprint density at radius 3 is 2.40 bits per heavy atom. The molecule has 2 heterocycles. The standard InChI is InChI=1S/C38H47F3N4O7/c1-24-19-45(25(2)22-46)36(47)31-18-30(43-37(48)42-29-11-9-28(10-12-29)38(39,40)41)13-15-32(31)52-26(3)7-5-6-16-49-35(24)21-44(4)20-27-8-14-33-34(17-27)51-23-50-33/h8-15,17-18,24-26,35,46H,5-7,16,19-23H2,1-4H3,(H2,42,43,48)/t24-,25+,26+,35+/m1/s1. The largest absolute Gasteiger partial charge is 0.490 e. The summed E-state index contributed by atoms with van der Waals surface area (Å²) in [4.78, 5) is 31.0. The zero-order chi connectivity index (χ0) is 37.4. The van der Waals surface area contributed by atoms with Crippen LogP contribution in [0.4, 0.5) is 29.3 Å². The molecule has 3 amide bonds. The number of nitrogens with zero attached hydrogens (tertiary/aromatic N) is 2. The number of amides is 3. The Hall–Kier alpha value is -4.53. The molecule has 5 rings (SSSR count). The minimum atomic E-state index is -4.50. The van der Waals surface area contributed by atoms with Crippen molar-refractivity contribution < 1.29 is 46.8 Å². The average Bonchev–Trinajstić information content (AvgIpc) is 3.57. The molecular formula is C38H47F3N4O7. The number of halogens is 3. The fourth-order valence-corrected chi connectivity index (χ4v) is 6.22. The normalized spacial score (nSPS) is 20.4. The van der Waals surface area contributed by atoms with Gasteiger partial charge in [0.15, 0.2) is 11.5 Å². The number of aliphatic hydroxyl groups excluding tert-OH is 1. The summed E-state index contributed by atoms with van der Waals surface area (Å²) in [6.45, 7) is 7.68. The lowest BCUT2D eigenvalue weighted by Gasteiger charge is -2.36. The summed E-state index contributed by atoms with van der Waals surface area (Å²) < 4.78 is 62.7. The summed E-state index contributed by atoms with van der Waals surface area (Å²) in [5.41, 5.74) is 0.854. The molecule has 0 saturated heterocycles. The van der Waals surface area contributed by atoms with Gasteiger partial charge in [0.1, 0.15) is 5.75 Å². The summed E-state index contributed by atoms with van der Waals surface area (Å²) in [5.74, 6) is 1.24. The lowest BCUT2D eigenvalue weighted by atomic mass is 10.0. The van der Waals surface area contributed by atoms with Gasteiger partial charge in [-0.15, -0.1) is 0 Å². The van der Waals surface area contributed by atoms with E-state index in [0.717, 1.165) is 54.2 Å². The molecule has 14 heteroatoms. The highest BCUT2D eigenvalue weighted by molar-refractivity contribution is 6.02. The van der Waals surface area contributed by atoms with E-state index in [1.54, 1.807) is 24.0 Å². The number of aliphatic hydroxyl groups is 1. The minimum Gasteiger partial charge on any atom is -0.490 e. The second-order valence-electron chi connectivity index (χ2n) is 13.5. The van der Waals surface area contributed by atoms with E-state index in [-0.39, 0.29) is 55.0 Å². The van der Waals surface area contributed by atoms with E-state index in [0.29, 0.717) is 31.9 Å². The Kier molecular flexibility index (Phi) is 12.9. The maximum atomic E-state index is 14.4. The fraction of sp³-hybridized carbons (Fsp3) is 0.474. The number of benzene rings is 3. The Labute approximate surface area is 302 Å². The lowest BCUT2D eigenvalue weighted by Crippen LogP contribution is -2.47. The van der Waals surface area contributed by atoms with Gasteiger partial charge in [0.25, 0.3) is 5.91 Å². The number of nitrogens with one attached hydrogen (secondary N) is 2. The zero-order valence-electron chi connectivity index (χ0n) is 29.9. The second kappa shape index (κ2) is 17.3. The summed E-state index contributed by atoms with van der Waals surface area (Å²) in [5, 5.41) is 15.4. The van der Waals surface area contributed by atoms with Crippen LogP contribution in [0.25, 0.3) is 0 Å². The predicted molar refractivity (Wildman–Crippen MR) is 190 cm³/mol. The van der Waals surface area contributed by atoms with Gasteiger partial charge in [-0.05, 0) is 100 Å². The number of carbonyl (C=O) groups is 2. The van der Waals surface area contributed by atoms with E-state index in [9.17, 15) is 27.9 Å². The van der Waals surface area contributed by atoms with Crippen LogP contribution in [-0.4, -0.2) is 85.2 Å². The molecule has 3 aromatic carbocycles. The SMILES string of the molecule is C[C@@H]1CN([C@@H](C)CO)C(=O)c2cc(NC(=O)Nc3ccc(C(F)(F)F)cc3)ccc2O[C@@H](C)CCCCO[C@H]1CN(C)Cc1ccc2c(c1)OCO2. The molecule has 0 aromatic heterocycles. The van der Waals surface area contributed by atoms with Crippen molar-refractivity contribution in [1.82, 2.24) is 9.80 Å². The van der Waals surface area contributed by atoms with Crippen LogP contribution in [-0.2, 0) is 17.5 Å². The molecule has 4 atom stereocenters. The molecule has 0 aliphatic carbocycles. The topological polar surface area (TPSA) is 122 Å². The first-order chi connectivity index (χ1) is 24.8. The summed E-state index contributed by atoms with van der Waals surface area (Å²) in [7, 11) is 2.02. The molecule has 0 bridgehead atoms. The zero-order valence-corrected chi connectivity index (χ0v) is 29.9. The van der Waals surface area contributed by atoms with Crippen molar-refractivity contribution >= 4 is 23.3 Å². The smallest absolute Gasteiger partial charge is 0.416 e. The van der Waals surface area contributed by atoms with E-state index in [1.807, 2.05) is 39.1 Å². The molecule has 3 N–H and O–H groups in total. The van der Waals surface area contributed by atoms with Gasteiger partial charge in [-0.3, -0.25) is 9.69 Å². The van der Waals surface area contributed by atoms with Crippen molar-refractivity contribution in [2.75, 3.05) is 50.8 Å². The van der Waals surface area contributed by atoms with E-state index in [4.69, 9.17) is 18.9 Å². The molecule has 0 unspecified atom stereocenters. The van der Waals surface area contributed by atoms with Crippen LogP contribution in [0.1, 0.15) is 61.5 Å². The minimum absolute atomic E-state index is 0.140. The van der Waals surface area contributed by atoms with Crippen molar-refractivity contribution in [2.45, 2.75) is 71.0 Å². The van der Waals surface area contributed by atoms with Crippen molar-refractivity contribution in [3.8, 4) is 17.2 Å². The Balaban J connectivity index is 1.34. The molecular weight excluding hydrogens is 681 g/mol. The molecule has 0 fully saturated rings. The van der Waals surface area contributed by atoms with Crippen LogP contribution in [0, 0.1) is 5.92 Å². The number of alkyl halides is 3. The third-order valence-corrected chi connectivity index (χ3v) is 9.16. The molecule has 2 aliphatic heterocycles. The highest BCUT2D eigenvalue weighted by Crippen LogP contribution is 2.34. The molecule has 2 aliphatic rings. The number of likely N-dealkylation sites (N-methyl/N-ethyl adjacent to an activating group) is 1. The number of hydrogen-bond acceptors (Lipinski definition) is 8. The fourth-order valence-electron chi connectivity index (χ4n) is 6.22. The van der Waals surface area contributed by atoms with Crippen LogP contribution in [0.15, 0.2) is 60.7 Å². The first-order valence-electron chi connectivity index (χ1n) is 17.5. The van der Waals surface area contributed by atoms with Crippen molar-refractivity contribution in [1.29, 1.82) is 0 Å². The first kappa shape index (κ1) is 38.7. The third-order valence-electron chi connectivity index (χ3n) is 9.16. The second-order valence-corrected chi connectivity index (χ2v) is 13.5. The van der Waals surface area contributed by atoms with Crippen molar-refractivity contribution in [3.05, 3.63) is 77.4 Å². The van der Waals surface area contributed by atoms with Gasteiger partial charge >= 0.3 is 12.2 Å². The molecule has 3 aromatic rings. The number of anilines is 2. The van der Waals surface area contributed by atoms with Gasteiger partial charge in [-0.2, -0.15) is 13.2 Å². The maximum Gasteiger partial charge on any atom is 0.416 e.